The second-order valence-corrected chi connectivity index (χ2v) is 12.3. The lowest BCUT2D eigenvalue weighted by Gasteiger charge is -2.24. The Labute approximate surface area is 278 Å². The molecule has 0 spiro atoms. The predicted molar refractivity (Wildman–Crippen MR) is 194 cm³/mol. The zero-order valence-electron chi connectivity index (χ0n) is 25.9. The number of hydrogen-bond donors (Lipinski definition) is 0. The van der Waals surface area contributed by atoms with Crippen LogP contribution in [0.4, 0.5) is 0 Å². The van der Waals surface area contributed by atoms with Gasteiger partial charge in [-0.3, -0.25) is 0 Å². The summed E-state index contributed by atoms with van der Waals surface area (Å²) < 4.78 is 2.24. The van der Waals surface area contributed by atoms with E-state index in [1.807, 2.05) is 42.5 Å². The van der Waals surface area contributed by atoms with Crippen LogP contribution in [0.25, 0.3) is 60.9 Å². The maximum Gasteiger partial charge on any atom is 0.101 e. The molecule has 0 bridgehead atoms. The van der Waals surface area contributed by atoms with Gasteiger partial charge in [0.25, 0.3) is 0 Å². The maximum atomic E-state index is 10.8. The zero-order chi connectivity index (χ0) is 32.2. The van der Waals surface area contributed by atoms with Crippen molar-refractivity contribution in [2.24, 2.45) is 0 Å². The van der Waals surface area contributed by atoms with Gasteiger partial charge in [-0.1, -0.05) is 127 Å². The van der Waals surface area contributed by atoms with Crippen molar-refractivity contribution in [3.05, 3.63) is 186 Å². The van der Waals surface area contributed by atoms with Crippen molar-refractivity contribution in [1.82, 2.24) is 4.57 Å². The second kappa shape index (κ2) is 11.0. The van der Waals surface area contributed by atoms with Crippen LogP contribution in [0.15, 0.2) is 158 Å². The molecule has 9 rings (SSSR count). The minimum absolute atomic E-state index is 0.0205. The van der Waals surface area contributed by atoms with Crippen molar-refractivity contribution >= 4 is 21.8 Å². The summed E-state index contributed by atoms with van der Waals surface area (Å²) in [6, 6.07) is 59.7. The highest BCUT2D eigenvalue weighted by Gasteiger charge is 2.32. The molecule has 0 N–H and O–H groups in total. The third kappa shape index (κ3) is 4.06. The Balaban J connectivity index is 1.44. The van der Waals surface area contributed by atoms with Gasteiger partial charge in [-0.2, -0.15) is 10.5 Å². The van der Waals surface area contributed by atoms with Crippen molar-refractivity contribution in [3.63, 3.8) is 0 Å². The lowest BCUT2D eigenvalue weighted by atomic mass is 9.81. The van der Waals surface area contributed by atoms with E-state index in [0.29, 0.717) is 11.1 Å². The number of benzene rings is 7. The van der Waals surface area contributed by atoms with Crippen LogP contribution in [0.5, 0.6) is 0 Å². The Kier molecular flexibility index (Phi) is 6.32. The monoisotopic (exact) mass is 609 g/mol. The summed E-state index contributed by atoms with van der Waals surface area (Å²) in [6.07, 6.45) is 0. The molecule has 222 valence electrons. The molecular formula is C45H27N3. The van der Waals surface area contributed by atoms with Crippen LogP contribution >= 0.6 is 0 Å². The smallest absolute Gasteiger partial charge is 0.101 e. The van der Waals surface area contributed by atoms with Crippen LogP contribution in [0.1, 0.15) is 33.7 Å². The zero-order valence-corrected chi connectivity index (χ0v) is 25.9. The van der Waals surface area contributed by atoms with Gasteiger partial charge in [-0.25, -0.2) is 0 Å². The number of para-hydroxylation sites is 1. The van der Waals surface area contributed by atoms with E-state index in [0.717, 1.165) is 49.7 Å². The number of aromatic nitrogens is 1. The molecule has 3 nitrogen and oxygen atoms in total. The quantitative estimate of drug-likeness (QED) is 0.199. The summed E-state index contributed by atoms with van der Waals surface area (Å²) in [7, 11) is 0. The SMILES string of the molecule is N#Cc1ccc2c(c1)c1ccccc1n2-c1c(C#N)ccc(-c2ccccc2)c1-c1ccccc1C1c2ccccc2-c2ccccc21. The van der Waals surface area contributed by atoms with Crippen LogP contribution in [-0.4, -0.2) is 4.57 Å². The fourth-order valence-electron chi connectivity index (χ4n) is 7.79. The van der Waals surface area contributed by atoms with E-state index in [1.54, 1.807) is 0 Å². The van der Waals surface area contributed by atoms with Gasteiger partial charge in [-0.05, 0) is 74.8 Å². The lowest BCUT2D eigenvalue weighted by Crippen LogP contribution is -2.06. The molecule has 0 saturated carbocycles. The molecule has 0 fully saturated rings. The summed E-state index contributed by atoms with van der Waals surface area (Å²) in [6.45, 7) is 0. The number of nitriles is 2. The largest absolute Gasteiger partial charge is 0.307 e. The summed E-state index contributed by atoms with van der Waals surface area (Å²) in [5.41, 5.74) is 14.5. The Morgan fingerprint density at radius 3 is 1.73 bits per heavy atom. The van der Waals surface area contributed by atoms with Crippen LogP contribution in [0.2, 0.25) is 0 Å². The third-order valence-electron chi connectivity index (χ3n) is 9.78. The van der Waals surface area contributed by atoms with Gasteiger partial charge in [0, 0.05) is 22.3 Å². The van der Waals surface area contributed by atoms with Crippen molar-refractivity contribution < 1.29 is 0 Å². The molecule has 0 saturated heterocycles. The fraction of sp³-hybridized carbons (Fsp3) is 0.0222. The topological polar surface area (TPSA) is 52.5 Å². The van der Waals surface area contributed by atoms with Gasteiger partial charge in [0.15, 0.2) is 0 Å². The Hall–Kier alpha value is -6.68. The summed E-state index contributed by atoms with van der Waals surface area (Å²) >= 11 is 0. The van der Waals surface area contributed by atoms with Gasteiger partial charge in [-0.15, -0.1) is 0 Å². The van der Waals surface area contributed by atoms with Gasteiger partial charge in [0.05, 0.1) is 33.9 Å². The highest BCUT2D eigenvalue weighted by molar-refractivity contribution is 6.11. The standard InChI is InChI=1S/C45H27N3/c46-27-29-22-25-42-40(26-29)35-16-10-11-21-41(35)48(42)45-31(28-47)23-24-32(30-12-2-1-3-13-30)44(45)39-20-9-8-19-38(39)43-36-17-6-4-14-33(36)34-15-5-7-18-37(34)43/h1-26,43H. The molecule has 0 atom stereocenters. The van der Waals surface area contributed by atoms with Gasteiger partial charge in [0.2, 0.25) is 0 Å². The van der Waals surface area contributed by atoms with Crippen molar-refractivity contribution in [2.45, 2.75) is 5.92 Å². The van der Waals surface area contributed by atoms with E-state index in [4.69, 9.17) is 0 Å². The molecule has 0 unspecified atom stereocenters. The molecule has 0 amide bonds. The summed E-state index contributed by atoms with van der Waals surface area (Å²) in [5.74, 6) is 0.0205. The van der Waals surface area contributed by atoms with E-state index in [2.05, 4.69) is 132 Å². The molecule has 1 aliphatic carbocycles. The molecule has 0 radical (unpaired) electrons. The van der Waals surface area contributed by atoms with E-state index in [-0.39, 0.29) is 5.92 Å². The predicted octanol–water partition coefficient (Wildman–Crippen LogP) is 11.0. The molecule has 1 heterocycles. The van der Waals surface area contributed by atoms with Crippen molar-refractivity contribution in [3.8, 4) is 51.2 Å². The Bertz CT molecular complexity index is 2600. The Morgan fingerprint density at radius 1 is 0.458 bits per heavy atom. The lowest BCUT2D eigenvalue weighted by molar-refractivity contribution is 1.02. The van der Waals surface area contributed by atoms with E-state index in [1.165, 1.54) is 27.8 Å². The molecule has 7 aromatic carbocycles. The minimum atomic E-state index is 0.0205. The van der Waals surface area contributed by atoms with Crippen molar-refractivity contribution in [1.29, 1.82) is 10.5 Å². The number of fused-ring (bicyclic) bond motifs is 6. The van der Waals surface area contributed by atoms with E-state index in [9.17, 15) is 10.5 Å². The second-order valence-electron chi connectivity index (χ2n) is 12.3. The summed E-state index contributed by atoms with van der Waals surface area (Å²) in [5, 5.41) is 22.6. The molecule has 48 heavy (non-hydrogen) atoms. The first-order valence-corrected chi connectivity index (χ1v) is 16.1. The van der Waals surface area contributed by atoms with Gasteiger partial charge < -0.3 is 4.57 Å². The van der Waals surface area contributed by atoms with Gasteiger partial charge in [0.1, 0.15) is 6.07 Å². The van der Waals surface area contributed by atoms with Gasteiger partial charge >= 0.3 is 0 Å². The minimum Gasteiger partial charge on any atom is -0.307 e. The average molecular weight is 610 g/mol. The fourth-order valence-corrected chi connectivity index (χ4v) is 7.79. The third-order valence-corrected chi connectivity index (χ3v) is 9.78. The number of rotatable bonds is 4. The molecule has 1 aliphatic rings. The molecule has 1 aromatic heterocycles. The highest BCUT2D eigenvalue weighted by atomic mass is 15.0. The van der Waals surface area contributed by atoms with Crippen molar-refractivity contribution in [2.75, 3.05) is 0 Å². The van der Waals surface area contributed by atoms with Crippen LogP contribution in [0.3, 0.4) is 0 Å². The first kappa shape index (κ1) is 27.6. The number of hydrogen-bond acceptors (Lipinski definition) is 2. The summed E-state index contributed by atoms with van der Waals surface area (Å²) in [4.78, 5) is 0. The first-order chi connectivity index (χ1) is 23.8. The normalized spacial score (nSPS) is 12.0. The van der Waals surface area contributed by atoms with Crippen LogP contribution in [0, 0.1) is 22.7 Å². The van der Waals surface area contributed by atoms with Crippen LogP contribution in [-0.2, 0) is 0 Å². The van der Waals surface area contributed by atoms with E-state index >= 15 is 0 Å². The average Bonchev–Trinajstić information content (AvgIpc) is 3.67. The van der Waals surface area contributed by atoms with Crippen LogP contribution < -0.4 is 0 Å². The Morgan fingerprint density at radius 2 is 1.04 bits per heavy atom. The molecular weight excluding hydrogens is 583 g/mol. The maximum absolute atomic E-state index is 10.8. The highest BCUT2D eigenvalue weighted by Crippen LogP contribution is 2.52. The molecule has 8 aromatic rings. The first-order valence-electron chi connectivity index (χ1n) is 16.1. The number of nitrogens with zero attached hydrogens (tertiary/aromatic N) is 3. The van der Waals surface area contributed by atoms with E-state index < -0.39 is 0 Å². The molecule has 0 aliphatic heterocycles. The molecule has 3 heteroatoms.